The lowest BCUT2D eigenvalue weighted by Crippen LogP contribution is -2.46. The Morgan fingerprint density at radius 2 is 2.17 bits per heavy atom. The Bertz CT molecular complexity index is 496. The molecule has 1 atom stereocenters. The Labute approximate surface area is 106 Å². The van der Waals surface area contributed by atoms with Gasteiger partial charge in [-0.25, -0.2) is 0 Å². The average Bonchev–Trinajstić information content (AvgIpc) is 2.81. The molecular weight excluding hydrogens is 228 g/mol. The van der Waals surface area contributed by atoms with E-state index in [-0.39, 0.29) is 11.8 Å². The Morgan fingerprint density at radius 3 is 2.89 bits per heavy atom. The molecule has 1 heterocycles. The zero-order valence-electron chi connectivity index (χ0n) is 10.3. The molecule has 0 fully saturated rings. The summed E-state index contributed by atoms with van der Waals surface area (Å²) in [5.74, 6) is -0.418. The predicted molar refractivity (Wildman–Crippen MR) is 70.3 cm³/mol. The topological polar surface area (TPSA) is 49.4 Å². The van der Waals surface area contributed by atoms with Gasteiger partial charge in [-0.05, 0) is 31.1 Å². The molecule has 4 nitrogen and oxygen atoms in total. The van der Waals surface area contributed by atoms with Crippen LogP contribution in [0.2, 0.25) is 0 Å². The molecule has 0 radical (unpaired) electrons. The predicted octanol–water partition coefficient (Wildman–Crippen LogP) is 1.27. The van der Waals surface area contributed by atoms with Gasteiger partial charge >= 0.3 is 0 Å². The summed E-state index contributed by atoms with van der Waals surface area (Å²) in [5, 5.41) is 2.59. The Kier molecular flexibility index (Phi) is 3.46. The zero-order valence-corrected chi connectivity index (χ0v) is 10.3. The monoisotopic (exact) mass is 244 g/mol. The number of para-hydroxylation sites is 1. The lowest BCUT2D eigenvalue weighted by molar-refractivity contribution is -0.124. The van der Waals surface area contributed by atoms with Crippen molar-refractivity contribution in [3.63, 3.8) is 0 Å². The molecule has 1 aliphatic rings. The van der Waals surface area contributed by atoms with Crippen molar-refractivity contribution in [2.75, 3.05) is 11.4 Å². The van der Waals surface area contributed by atoms with E-state index in [1.54, 1.807) is 11.8 Å². The molecule has 0 spiro atoms. The number of nitrogens with zero attached hydrogens (tertiary/aromatic N) is 1. The number of anilines is 1. The van der Waals surface area contributed by atoms with Gasteiger partial charge in [0.2, 0.25) is 11.8 Å². The minimum atomic E-state index is -0.540. The highest BCUT2D eigenvalue weighted by atomic mass is 16.2. The van der Waals surface area contributed by atoms with Crippen molar-refractivity contribution in [2.24, 2.45) is 0 Å². The quantitative estimate of drug-likeness (QED) is 0.814. The molecule has 4 heteroatoms. The highest BCUT2D eigenvalue weighted by Crippen LogP contribution is 2.27. The molecule has 1 aliphatic heterocycles. The molecule has 18 heavy (non-hydrogen) atoms. The van der Waals surface area contributed by atoms with Crippen molar-refractivity contribution in [2.45, 2.75) is 19.4 Å². The van der Waals surface area contributed by atoms with Crippen LogP contribution in [0.3, 0.4) is 0 Å². The Morgan fingerprint density at radius 1 is 1.44 bits per heavy atom. The minimum Gasteiger partial charge on any atom is -0.341 e. The fourth-order valence-corrected chi connectivity index (χ4v) is 2.13. The first-order valence-corrected chi connectivity index (χ1v) is 5.95. The minimum absolute atomic E-state index is 0.0878. The maximum atomic E-state index is 12.2. The standard InChI is InChI=1S/C14H16N2O2/c1-3-13(17)15-10(2)14(18)16-9-8-11-6-4-5-7-12(11)16/h3-7,10H,1,8-9H2,2H3,(H,15,17)/t10-/m1/s1. The van der Waals surface area contributed by atoms with Crippen molar-refractivity contribution in [3.8, 4) is 0 Å². The molecule has 1 aromatic rings. The molecular formula is C14H16N2O2. The van der Waals surface area contributed by atoms with E-state index in [0.29, 0.717) is 6.54 Å². The molecule has 2 rings (SSSR count). The van der Waals surface area contributed by atoms with Crippen molar-refractivity contribution in [3.05, 3.63) is 42.5 Å². The molecule has 1 aromatic carbocycles. The van der Waals surface area contributed by atoms with Crippen LogP contribution in [0.4, 0.5) is 5.69 Å². The van der Waals surface area contributed by atoms with E-state index >= 15 is 0 Å². The normalized spacial score (nSPS) is 14.8. The Balaban J connectivity index is 2.11. The van der Waals surface area contributed by atoms with E-state index < -0.39 is 6.04 Å². The van der Waals surface area contributed by atoms with Crippen LogP contribution in [-0.2, 0) is 16.0 Å². The number of hydrogen-bond donors (Lipinski definition) is 1. The van der Waals surface area contributed by atoms with Gasteiger partial charge in [0, 0.05) is 12.2 Å². The van der Waals surface area contributed by atoms with Gasteiger partial charge in [-0.15, -0.1) is 0 Å². The van der Waals surface area contributed by atoms with Gasteiger partial charge in [-0.3, -0.25) is 9.59 Å². The highest BCUT2D eigenvalue weighted by Gasteiger charge is 2.27. The summed E-state index contributed by atoms with van der Waals surface area (Å²) in [6.07, 6.45) is 2.03. The smallest absolute Gasteiger partial charge is 0.249 e. The van der Waals surface area contributed by atoms with Crippen LogP contribution in [0.15, 0.2) is 36.9 Å². The maximum Gasteiger partial charge on any atom is 0.249 e. The van der Waals surface area contributed by atoms with Gasteiger partial charge in [0.15, 0.2) is 0 Å². The molecule has 2 amide bonds. The van der Waals surface area contributed by atoms with Gasteiger partial charge in [0.05, 0.1) is 0 Å². The average molecular weight is 244 g/mol. The number of hydrogen-bond acceptors (Lipinski definition) is 2. The largest absolute Gasteiger partial charge is 0.341 e. The van der Waals surface area contributed by atoms with Crippen LogP contribution in [-0.4, -0.2) is 24.4 Å². The molecule has 0 bridgehead atoms. The summed E-state index contributed by atoms with van der Waals surface area (Å²) in [5.41, 5.74) is 2.12. The van der Waals surface area contributed by atoms with Gasteiger partial charge in [-0.2, -0.15) is 0 Å². The second kappa shape index (κ2) is 5.04. The summed E-state index contributed by atoms with van der Waals surface area (Å²) in [6.45, 7) is 5.73. The van der Waals surface area contributed by atoms with Crippen LogP contribution in [0.5, 0.6) is 0 Å². The van der Waals surface area contributed by atoms with Crippen molar-refractivity contribution >= 4 is 17.5 Å². The maximum absolute atomic E-state index is 12.2. The molecule has 0 aromatic heterocycles. The zero-order chi connectivity index (χ0) is 13.1. The number of nitrogens with one attached hydrogen (secondary N) is 1. The van der Waals surface area contributed by atoms with E-state index in [2.05, 4.69) is 11.9 Å². The number of benzene rings is 1. The second-order valence-electron chi connectivity index (χ2n) is 4.30. The van der Waals surface area contributed by atoms with E-state index in [1.807, 2.05) is 24.3 Å². The van der Waals surface area contributed by atoms with Gasteiger partial charge in [0.25, 0.3) is 0 Å². The van der Waals surface area contributed by atoms with Gasteiger partial charge < -0.3 is 10.2 Å². The lowest BCUT2D eigenvalue weighted by Gasteiger charge is -2.21. The summed E-state index contributed by atoms with van der Waals surface area (Å²) < 4.78 is 0. The van der Waals surface area contributed by atoms with Crippen LogP contribution in [0.25, 0.3) is 0 Å². The molecule has 94 valence electrons. The van der Waals surface area contributed by atoms with Crippen LogP contribution >= 0.6 is 0 Å². The third kappa shape index (κ3) is 2.27. The lowest BCUT2D eigenvalue weighted by atomic mass is 10.2. The first kappa shape index (κ1) is 12.4. The number of carbonyl (C=O) groups excluding carboxylic acids is 2. The van der Waals surface area contributed by atoms with Crippen LogP contribution < -0.4 is 10.2 Å². The number of amides is 2. The summed E-state index contributed by atoms with van der Waals surface area (Å²) in [4.78, 5) is 25.1. The van der Waals surface area contributed by atoms with E-state index in [1.165, 1.54) is 11.6 Å². The van der Waals surface area contributed by atoms with E-state index in [0.717, 1.165) is 12.1 Å². The summed E-state index contributed by atoms with van der Waals surface area (Å²) >= 11 is 0. The molecule has 0 unspecified atom stereocenters. The summed E-state index contributed by atoms with van der Waals surface area (Å²) in [7, 11) is 0. The second-order valence-corrected chi connectivity index (χ2v) is 4.30. The third-order valence-corrected chi connectivity index (χ3v) is 3.07. The fourth-order valence-electron chi connectivity index (χ4n) is 2.13. The van der Waals surface area contributed by atoms with Crippen LogP contribution in [0.1, 0.15) is 12.5 Å². The van der Waals surface area contributed by atoms with Gasteiger partial charge in [0.1, 0.15) is 6.04 Å². The fraction of sp³-hybridized carbons (Fsp3) is 0.286. The number of carbonyl (C=O) groups is 2. The number of rotatable bonds is 3. The summed E-state index contributed by atoms with van der Waals surface area (Å²) in [6, 6.07) is 7.30. The van der Waals surface area contributed by atoms with E-state index in [9.17, 15) is 9.59 Å². The molecule has 0 saturated heterocycles. The molecule has 0 aliphatic carbocycles. The van der Waals surface area contributed by atoms with Crippen molar-refractivity contribution < 1.29 is 9.59 Å². The Hall–Kier alpha value is -2.10. The van der Waals surface area contributed by atoms with E-state index in [4.69, 9.17) is 0 Å². The first-order chi connectivity index (χ1) is 8.63. The van der Waals surface area contributed by atoms with Gasteiger partial charge in [-0.1, -0.05) is 24.8 Å². The van der Waals surface area contributed by atoms with Crippen molar-refractivity contribution in [1.29, 1.82) is 0 Å². The SMILES string of the molecule is C=CC(=O)N[C@H](C)C(=O)N1CCc2ccccc21. The molecule has 0 saturated carbocycles. The third-order valence-electron chi connectivity index (χ3n) is 3.07. The van der Waals surface area contributed by atoms with Crippen molar-refractivity contribution in [1.82, 2.24) is 5.32 Å². The molecule has 1 N–H and O–H groups in total. The number of fused-ring (bicyclic) bond motifs is 1. The highest BCUT2D eigenvalue weighted by molar-refractivity contribution is 6.01. The first-order valence-electron chi connectivity index (χ1n) is 5.95. The van der Waals surface area contributed by atoms with Crippen LogP contribution in [0, 0.1) is 0 Å².